The van der Waals surface area contributed by atoms with Gasteiger partial charge in [0.05, 0.1) is 7.11 Å². The molecular weight excluding hydrogens is 395 g/mol. The van der Waals surface area contributed by atoms with Gasteiger partial charge in [-0.15, -0.1) is 11.8 Å². The number of hydrogen-bond acceptors (Lipinski definition) is 6. The Labute approximate surface area is 188 Å². The van der Waals surface area contributed by atoms with Crippen LogP contribution in [-0.4, -0.2) is 62.2 Å². The summed E-state index contributed by atoms with van der Waals surface area (Å²) in [7, 11) is 1.42. The molecule has 0 bridgehead atoms. The second-order valence-corrected chi connectivity index (χ2v) is 8.62. The normalized spacial score (nSPS) is 24.9. The van der Waals surface area contributed by atoms with E-state index < -0.39 is 34.6 Å². The Morgan fingerprint density at radius 1 is 1.36 bits per heavy atom. The van der Waals surface area contributed by atoms with Crippen LogP contribution in [0, 0.1) is 0 Å². The van der Waals surface area contributed by atoms with E-state index in [1.54, 1.807) is 26.0 Å². The number of aromatic hydroxyl groups is 1. The van der Waals surface area contributed by atoms with E-state index in [0.29, 0.717) is 5.56 Å². The Kier molecular flexibility index (Phi) is 6.75. The maximum atomic E-state index is 12.3. The summed E-state index contributed by atoms with van der Waals surface area (Å²) in [5.74, 6) is -1.62. The van der Waals surface area contributed by atoms with Crippen molar-refractivity contribution in [2.75, 3.05) is 7.11 Å². The number of nitrogens with one attached hydrogen (secondary N) is 1. The first-order chi connectivity index (χ1) is 12.7. The largest absolute Gasteiger partial charge is 1.00 e. The van der Waals surface area contributed by atoms with Gasteiger partial charge in [0.25, 0.3) is 0 Å². The van der Waals surface area contributed by atoms with E-state index in [4.69, 9.17) is 4.74 Å². The number of aliphatic carboxylic acids is 1. The van der Waals surface area contributed by atoms with Gasteiger partial charge in [0.1, 0.15) is 17.5 Å². The SMILES string of the molecule is COc1cc(/C=C/C(=O)N[C@@H]2C(=O)N3[C@@H]2SC(C)(C)[C@@H]3C(=O)O)ccc1O.[Na+]. The zero-order chi connectivity index (χ0) is 19.9. The molecular formula is C18H20N2NaO6S+. The molecule has 0 aliphatic carbocycles. The number of carbonyl (C=O) groups excluding carboxylic acids is 2. The van der Waals surface area contributed by atoms with Gasteiger partial charge >= 0.3 is 35.5 Å². The van der Waals surface area contributed by atoms with Crippen LogP contribution in [0.15, 0.2) is 24.3 Å². The Bertz CT molecular complexity index is 843. The maximum Gasteiger partial charge on any atom is 1.00 e. The number of ether oxygens (including phenoxy) is 1. The fourth-order valence-corrected chi connectivity index (χ4v) is 4.94. The van der Waals surface area contributed by atoms with Gasteiger partial charge in [-0.2, -0.15) is 0 Å². The van der Waals surface area contributed by atoms with Crippen LogP contribution in [0.5, 0.6) is 11.5 Å². The molecule has 0 unspecified atom stereocenters. The molecule has 8 nitrogen and oxygen atoms in total. The molecule has 2 fully saturated rings. The quantitative estimate of drug-likeness (QED) is 0.291. The zero-order valence-electron chi connectivity index (χ0n) is 16.0. The summed E-state index contributed by atoms with van der Waals surface area (Å²) in [5.41, 5.74) is 0.642. The minimum absolute atomic E-state index is 0. The number of carbonyl (C=O) groups is 3. The monoisotopic (exact) mass is 415 g/mol. The molecule has 2 aliphatic rings. The number of methoxy groups -OCH3 is 1. The van der Waals surface area contributed by atoms with Crippen molar-refractivity contribution < 1.29 is 58.9 Å². The first-order valence-corrected chi connectivity index (χ1v) is 9.12. The van der Waals surface area contributed by atoms with E-state index in [9.17, 15) is 24.6 Å². The number of phenols is 1. The van der Waals surface area contributed by atoms with Crippen LogP contribution in [0.1, 0.15) is 19.4 Å². The first-order valence-electron chi connectivity index (χ1n) is 8.24. The topological polar surface area (TPSA) is 116 Å². The number of phenolic OH excluding ortho intramolecular Hbond substituents is 1. The summed E-state index contributed by atoms with van der Waals surface area (Å²) < 4.78 is 4.37. The summed E-state index contributed by atoms with van der Waals surface area (Å²) in [6.45, 7) is 3.55. The number of carboxylic acid groups (broad SMARTS) is 1. The van der Waals surface area contributed by atoms with Crippen molar-refractivity contribution in [3.63, 3.8) is 0 Å². The molecule has 0 aromatic heterocycles. The molecule has 2 amide bonds. The summed E-state index contributed by atoms with van der Waals surface area (Å²) in [6.07, 6.45) is 2.81. The Balaban J connectivity index is 0.00000280. The van der Waals surface area contributed by atoms with E-state index in [2.05, 4.69) is 5.32 Å². The average Bonchev–Trinajstić information content (AvgIpc) is 2.87. The van der Waals surface area contributed by atoms with Gasteiger partial charge in [-0.1, -0.05) is 6.07 Å². The van der Waals surface area contributed by atoms with Crippen molar-refractivity contribution in [3.05, 3.63) is 29.8 Å². The predicted molar refractivity (Wildman–Crippen MR) is 99.4 cm³/mol. The molecule has 1 aromatic rings. The third kappa shape index (κ3) is 4.03. The van der Waals surface area contributed by atoms with Crippen LogP contribution < -0.4 is 39.6 Å². The molecule has 2 aliphatic heterocycles. The van der Waals surface area contributed by atoms with Crippen molar-refractivity contribution in [1.82, 2.24) is 10.2 Å². The number of nitrogens with zero attached hydrogens (tertiary/aromatic N) is 1. The average molecular weight is 415 g/mol. The van der Waals surface area contributed by atoms with Gasteiger partial charge in [0.15, 0.2) is 11.5 Å². The van der Waals surface area contributed by atoms with Crippen LogP contribution in [0.4, 0.5) is 0 Å². The van der Waals surface area contributed by atoms with E-state index in [-0.39, 0.29) is 46.4 Å². The zero-order valence-corrected chi connectivity index (χ0v) is 18.8. The number of fused-ring (bicyclic) bond motifs is 1. The van der Waals surface area contributed by atoms with Crippen molar-refractivity contribution >= 4 is 35.6 Å². The molecule has 10 heteroatoms. The second-order valence-electron chi connectivity index (χ2n) is 6.85. The molecule has 3 rings (SSSR count). The van der Waals surface area contributed by atoms with Gasteiger partial charge in [0, 0.05) is 10.8 Å². The summed E-state index contributed by atoms with van der Waals surface area (Å²) >= 11 is 1.37. The van der Waals surface area contributed by atoms with Crippen LogP contribution in [0.3, 0.4) is 0 Å². The molecule has 1 aromatic carbocycles. The smallest absolute Gasteiger partial charge is 0.504 e. The number of amides is 2. The van der Waals surface area contributed by atoms with Crippen LogP contribution in [0.25, 0.3) is 6.08 Å². The Morgan fingerprint density at radius 3 is 2.64 bits per heavy atom. The van der Waals surface area contributed by atoms with Crippen molar-refractivity contribution in [3.8, 4) is 11.5 Å². The predicted octanol–water partition coefficient (Wildman–Crippen LogP) is -1.95. The van der Waals surface area contributed by atoms with Crippen LogP contribution in [0.2, 0.25) is 0 Å². The van der Waals surface area contributed by atoms with E-state index in [0.717, 1.165) is 0 Å². The minimum atomic E-state index is -1.05. The molecule has 0 saturated carbocycles. The number of hydrogen-bond donors (Lipinski definition) is 3. The van der Waals surface area contributed by atoms with Gasteiger partial charge in [0.2, 0.25) is 11.8 Å². The second kappa shape index (κ2) is 8.36. The number of rotatable bonds is 5. The van der Waals surface area contributed by atoms with Gasteiger partial charge < -0.3 is 25.2 Å². The molecule has 0 spiro atoms. The van der Waals surface area contributed by atoms with E-state index in [1.807, 2.05) is 0 Å². The molecule has 3 atom stereocenters. The fourth-order valence-electron chi connectivity index (χ4n) is 3.32. The third-order valence-electron chi connectivity index (χ3n) is 4.60. The summed E-state index contributed by atoms with van der Waals surface area (Å²) in [4.78, 5) is 37.3. The van der Waals surface area contributed by atoms with Crippen molar-refractivity contribution in [2.24, 2.45) is 0 Å². The maximum absolute atomic E-state index is 12.3. The fraction of sp³-hybridized carbons (Fsp3) is 0.389. The van der Waals surface area contributed by atoms with Crippen molar-refractivity contribution in [2.45, 2.75) is 36.1 Å². The standard InChI is InChI=1S/C18H20N2O6S.Na/c1-18(2)14(17(24)25)20-15(23)13(16(20)27-18)19-12(22)7-5-9-4-6-10(21)11(8-9)26-3;/h4-8,13-14,16,21H,1-3H3,(H,19,22)(H,24,25);/q;+1/b7-5+;/t13-,14+,16-;/m1./s1. The number of thioether (sulfide) groups is 1. The number of carboxylic acids is 1. The van der Waals surface area contributed by atoms with Crippen LogP contribution >= 0.6 is 11.8 Å². The minimum Gasteiger partial charge on any atom is -0.504 e. The van der Waals surface area contributed by atoms with E-state index >= 15 is 0 Å². The Morgan fingerprint density at radius 2 is 2.04 bits per heavy atom. The van der Waals surface area contributed by atoms with Gasteiger partial charge in [-0.05, 0) is 37.6 Å². The molecule has 0 radical (unpaired) electrons. The number of benzene rings is 1. The Hall–Kier alpha value is -1.68. The van der Waals surface area contributed by atoms with Gasteiger partial charge in [-0.3, -0.25) is 9.59 Å². The molecule has 2 saturated heterocycles. The molecule has 2 heterocycles. The molecule has 3 N–H and O–H groups in total. The third-order valence-corrected chi connectivity index (χ3v) is 6.18. The van der Waals surface area contributed by atoms with Gasteiger partial charge in [-0.25, -0.2) is 4.79 Å². The summed E-state index contributed by atoms with van der Waals surface area (Å²) in [5, 5.41) is 21.2. The first kappa shape index (κ1) is 22.6. The number of β-lactam (4-membered cyclic amide) rings is 1. The van der Waals surface area contributed by atoms with Crippen molar-refractivity contribution in [1.29, 1.82) is 0 Å². The van der Waals surface area contributed by atoms with E-state index in [1.165, 1.54) is 42.0 Å². The van der Waals surface area contributed by atoms with Crippen LogP contribution in [-0.2, 0) is 14.4 Å². The molecule has 28 heavy (non-hydrogen) atoms. The molecule has 144 valence electrons. The summed E-state index contributed by atoms with van der Waals surface area (Å²) in [6, 6.07) is 2.98.